The van der Waals surface area contributed by atoms with Crippen LogP contribution in [0, 0.1) is 6.92 Å². The van der Waals surface area contributed by atoms with Crippen LogP contribution in [0.2, 0.25) is 0 Å². The number of nitrogens with one attached hydrogen (secondary N) is 1. The van der Waals surface area contributed by atoms with E-state index in [-0.39, 0.29) is 6.04 Å². The van der Waals surface area contributed by atoms with Crippen LogP contribution in [0.15, 0.2) is 67.0 Å². The van der Waals surface area contributed by atoms with Gasteiger partial charge >= 0.3 is 0 Å². The molecule has 1 atom stereocenters. The number of fused-ring (bicyclic) bond motifs is 3. The van der Waals surface area contributed by atoms with E-state index in [1.807, 2.05) is 55.5 Å². The molecule has 4 aromatic rings. The molecule has 1 N–H and O–H groups in total. The van der Waals surface area contributed by atoms with Gasteiger partial charge in [-0.2, -0.15) is 0 Å². The summed E-state index contributed by atoms with van der Waals surface area (Å²) in [4.78, 5) is 39.8. The van der Waals surface area contributed by atoms with Crippen LogP contribution in [0.4, 0.5) is 17.3 Å². The fourth-order valence-electron chi connectivity index (χ4n) is 5.34. The zero-order valence-electron chi connectivity index (χ0n) is 22.6. The summed E-state index contributed by atoms with van der Waals surface area (Å²) < 4.78 is 13.0. The summed E-state index contributed by atoms with van der Waals surface area (Å²) in [7, 11) is 3.39. The number of methoxy groups -OCH3 is 1. The largest absolute Gasteiger partial charge is 0.494 e. The smallest absolute Gasteiger partial charge is 0.298 e. The normalized spacial score (nSPS) is 16.0. The third kappa shape index (κ3) is 4.61. The van der Waals surface area contributed by atoms with E-state index < -0.39 is 11.7 Å². The SMILES string of the molecule is COc1cnc(N2CCN3c4ccc(NC(=O)C(=O)c5c(-c6ccccc6)cc(C)n5C)cc4OC[C@H]3C2)nc1. The topological polar surface area (TPSA) is 102 Å². The van der Waals surface area contributed by atoms with Crippen molar-refractivity contribution in [2.24, 2.45) is 7.05 Å². The van der Waals surface area contributed by atoms with E-state index in [0.717, 1.165) is 42.1 Å². The molecule has 1 fully saturated rings. The summed E-state index contributed by atoms with van der Waals surface area (Å²) in [6.45, 7) is 4.65. The van der Waals surface area contributed by atoms with E-state index >= 15 is 0 Å². The first kappa shape index (κ1) is 25.4. The molecule has 204 valence electrons. The Labute approximate surface area is 232 Å². The van der Waals surface area contributed by atoms with Crippen molar-refractivity contribution in [3.8, 4) is 22.6 Å². The predicted octanol–water partition coefficient (Wildman–Crippen LogP) is 3.71. The van der Waals surface area contributed by atoms with Gasteiger partial charge in [0.15, 0.2) is 5.75 Å². The number of amides is 1. The maximum atomic E-state index is 13.3. The van der Waals surface area contributed by atoms with Gasteiger partial charge in [-0.25, -0.2) is 9.97 Å². The Kier molecular flexibility index (Phi) is 6.59. The molecule has 0 saturated carbocycles. The average Bonchev–Trinajstić information content (AvgIpc) is 3.30. The highest BCUT2D eigenvalue weighted by Gasteiger charge is 2.34. The Hall–Kier alpha value is -4.86. The van der Waals surface area contributed by atoms with E-state index in [1.54, 1.807) is 37.2 Å². The summed E-state index contributed by atoms with van der Waals surface area (Å²) in [5, 5.41) is 2.78. The fraction of sp³-hybridized carbons (Fsp3) is 0.267. The van der Waals surface area contributed by atoms with Crippen molar-refractivity contribution in [2.45, 2.75) is 13.0 Å². The first-order valence-electron chi connectivity index (χ1n) is 13.1. The van der Waals surface area contributed by atoms with Gasteiger partial charge in [-0.1, -0.05) is 30.3 Å². The Morgan fingerprint density at radius 3 is 2.58 bits per heavy atom. The number of Topliss-reactive ketones (excluding diaryl/α,β-unsaturated/α-hetero) is 1. The minimum atomic E-state index is -0.694. The van der Waals surface area contributed by atoms with Crippen molar-refractivity contribution < 1.29 is 19.1 Å². The molecule has 2 aliphatic heterocycles. The quantitative estimate of drug-likeness (QED) is 0.293. The summed E-state index contributed by atoms with van der Waals surface area (Å²) in [5.41, 5.74) is 4.34. The third-order valence-corrected chi connectivity index (χ3v) is 7.55. The molecule has 40 heavy (non-hydrogen) atoms. The zero-order valence-corrected chi connectivity index (χ0v) is 22.6. The predicted molar refractivity (Wildman–Crippen MR) is 152 cm³/mol. The molecular weight excluding hydrogens is 508 g/mol. The van der Waals surface area contributed by atoms with Crippen molar-refractivity contribution in [2.75, 3.05) is 48.5 Å². The molecule has 1 amide bonds. The highest BCUT2D eigenvalue weighted by atomic mass is 16.5. The van der Waals surface area contributed by atoms with Gasteiger partial charge in [0, 0.05) is 49.7 Å². The third-order valence-electron chi connectivity index (χ3n) is 7.55. The van der Waals surface area contributed by atoms with Crippen LogP contribution in [-0.4, -0.2) is 65.6 Å². The van der Waals surface area contributed by atoms with Gasteiger partial charge in [-0.3, -0.25) is 9.59 Å². The van der Waals surface area contributed by atoms with Crippen LogP contribution in [0.3, 0.4) is 0 Å². The van der Waals surface area contributed by atoms with E-state index in [1.165, 1.54) is 0 Å². The standard InChI is InChI=1S/C30H30N6O4/c1-19-13-24(20-7-5-4-6-8-20)27(34(19)2)28(37)29(38)33-21-9-10-25-26(14-21)40-18-22-17-35(11-12-36(22)25)30-31-15-23(39-3)16-32-30/h4-10,13-16,22H,11-12,17-18H2,1-3H3,(H,33,38)/t22-/m1/s1. The number of carbonyl (C=O) groups is 2. The molecule has 10 nitrogen and oxygen atoms in total. The summed E-state index contributed by atoms with van der Waals surface area (Å²) in [6, 6.07) is 17.2. The molecule has 0 aliphatic carbocycles. The lowest BCUT2D eigenvalue weighted by atomic mass is 10.0. The van der Waals surface area contributed by atoms with E-state index in [2.05, 4.69) is 25.1 Å². The number of anilines is 3. The lowest BCUT2D eigenvalue weighted by Crippen LogP contribution is -2.57. The first-order chi connectivity index (χ1) is 19.4. The molecular formula is C30H30N6O4. The van der Waals surface area contributed by atoms with E-state index in [0.29, 0.717) is 35.4 Å². The monoisotopic (exact) mass is 538 g/mol. The van der Waals surface area contributed by atoms with Crippen LogP contribution < -0.4 is 24.6 Å². The lowest BCUT2D eigenvalue weighted by molar-refractivity contribution is -0.112. The Morgan fingerprint density at radius 2 is 1.82 bits per heavy atom. The Balaban J connectivity index is 1.16. The van der Waals surface area contributed by atoms with Crippen LogP contribution >= 0.6 is 0 Å². The van der Waals surface area contributed by atoms with Crippen molar-refractivity contribution in [3.05, 3.63) is 78.4 Å². The molecule has 0 unspecified atom stereocenters. The minimum absolute atomic E-state index is 0.131. The second kappa shape index (κ2) is 10.4. The maximum absolute atomic E-state index is 13.3. The number of hydrogen-bond acceptors (Lipinski definition) is 8. The number of rotatable bonds is 6. The van der Waals surface area contributed by atoms with Gasteiger partial charge in [0.05, 0.1) is 31.2 Å². The maximum Gasteiger partial charge on any atom is 0.298 e. The Bertz CT molecular complexity index is 1570. The number of ketones is 1. The minimum Gasteiger partial charge on any atom is -0.494 e. The van der Waals surface area contributed by atoms with Gasteiger partial charge < -0.3 is 29.2 Å². The van der Waals surface area contributed by atoms with Crippen molar-refractivity contribution in [3.63, 3.8) is 0 Å². The van der Waals surface area contributed by atoms with Gasteiger partial charge in [-0.05, 0) is 30.7 Å². The van der Waals surface area contributed by atoms with Crippen molar-refractivity contribution in [1.29, 1.82) is 0 Å². The zero-order chi connectivity index (χ0) is 27.8. The van der Waals surface area contributed by atoms with E-state index in [4.69, 9.17) is 9.47 Å². The number of ether oxygens (including phenoxy) is 2. The van der Waals surface area contributed by atoms with Crippen LogP contribution in [-0.2, 0) is 11.8 Å². The fourth-order valence-corrected chi connectivity index (χ4v) is 5.34. The highest BCUT2D eigenvalue weighted by molar-refractivity contribution is 6.47. The number of aromatic nitrogens is 3. The highest BCUT2D eigenvalue weighted by Crippen LogP contribution is 2.38. The lowest BCUT2D eigenvalue weighted by Gasteiger charge is -2.45. The molecule has 6 rings (SSSR count). The molecule has 1 saturated heterocycles. The van der Waals surface area contributed by atoms with E-state index in [9.17, 15) is 9.59 Å². The van der Waals surface area contributed by atoms with Crippen molar-refractivity contribution >= 4 is 29.0 Å². The number of aryl methyl sites for hydroxylation is 1. The summed E-state index contributed by atoms with van der Waals surface area (Å²) in [5.74, 6) is 0.676. The Morgan fingerprint density at radius 1 is 1.05 bits per heavy atom. The molecule has 0 bridgehead atoms. The average molecular weight is 539 g/mol. The second-order valence-corrected chi connectivity index (χ2v) is 9.97. The molecule has 2 aromatic heterocycles. The first-order valence-corrected chi connectivity index (χ1v) is 13.1. The van der Waals surface area contributed by atoms with Gasteiger partial charge in [0.2, 0.25) is 5.95 Å². The molecule has 10 heteroatoms. The van der Waals surface area contributed by atoms with Crippen molar-refractivity contribution in [1.82, 2.24) is 14.5 Å². The summed E-state index contributed by atoms with van der Waals surface area (Å²) in [6.07, 6.45) is 3.34. The van der Waals surface area contributed by atoms with Crippen LogP contribution in [0.1, 0.15) is 16.2 Å². The van der Waals surface area contributed by atoms with Gasteiger partial charge in [0.25, 0.3) is 11.7 Å². The van der Waals surface area contributed by atoms with Crippen LogP contribution in [0.25, 0.3) is 11.1 Å². The molecule has 0 spiro atoms. The molecule has 4 heterocycles. The number of nitrogens with zero attached hydrogens (tertiary/aromatic N) is 5. The summed E-state index contributed by atoms with van der Waals surface area (Å²) >= 11 is 0. The number of carbonyl (C=O) groups excluding carboxylic acids is 2. The van der Waals surface area contributed by atoms with Crippen LogP contribution in [0.5, 0.6) is 11.5 Å². The molecule has 2 aromatic carbocycles. The number of piperazine rings is 1. The number of hydrogen-bond donors (Lipinski definition) is 1. The number of benzene rings is 2. The van der Waals surface area contributed by atoms with Gasteiger partial charge in [-0.15, -0.1) is 0 Å². The van der Waals surface area contributed by atoms with Gasteiger partial charge in [0.1, 0.15) is 18.1 Å². The second-order valence-electron chi connectivity index (χ2n) is 9.97. The molecule has 2 aliphatic rings. The molecule has 0 radical (unpaired) electrons.